The molecule has 0 fully saturated rings. The average molecular weight is 414 g/mol. The molecule has 0 heterocycles. The fourth-order valence-electron chi connectivity index (χ4n) is 3.13. The van der Waals surface area contributed by atoms with Crippen molar-refractivity contribution in [2.45, 2.75) is 32.0 Å². The molecule has 0 amide bonds. The minimum absolute atomic E-state index is 0.0664. The molecule has 6 heteroatoms. The Morgan fingerprint density at radius 2 is 1.63 bits per heavy atom. The zero-order valence-corrected chi connectivity index (χ0v) is 16.3. The summed E-state index contributed by atoms with van der Waals surface area (Å²) in [5.41, 5.74) is 2.64. The highest BCUT2D eigenvalue weighted by Gasteiger charge is 2.29. The third-order valence-corrected chi connectivity index (χ3v) is 4.81. The fourth-order valence-corrected chi connectivity index (χ4v) is 3.13. The second kappa shape index (κ2) is 9.03. The van der Waals surface area contributed by atoms with Crippen LogP contribution in [0.25, 0.3) is 11.1 Å². The molecular weight excluding hydrogens is 393 g/mol. The lowest BCUT2D eigenvalue weighted by atomic mass is 9.98. The molecule has 0 aliphatic rings. The first kappa shape index (κ1) is 21.4. The summed E-state index contributed by atoms with van der Waals surface area (Å²) >= 11 is 0. The Balaban J connectivity index is 1.65. The van der Waals surface area contributed by atoms with E-state index in [-0.39, 0.29) is 12.3 Å². The van der Waals surface area contributed by atoms with Gasteiger partial charge in [0.25, 0.3) is 0 Å². The summed E-state index contributed by atoms with van der Waals surface area (Å²) in [4.78, 5) is 10.8. The van der Waals surface area contributed by atoms with Crippen LogP contribution in [0.2, 0.25) is 0 Å². The molecule has 0 unspecified atom stereocenters. The van der Waals surface area contributed by atoms with Gasteiger partial charge in [-0.25, -0.2) is 0 Å². The van der Waals surface area contributed by atoms with Crippen LogP contribution < -0.4 is 4.74 Å². The molecule has 0 saturated heterocycles. The molecule has 0 radical (unpaired) electrons. The number of aliphatic carboxylic acids is 1. The second-order valence-electron chi connectivity index (χ2n) is 7.13. The molecule has 0 aliphatic heterocycles. The second-order valence-corrected chi connectivity index (χ2v) is 7.13. The van der Waals surface area contributed by atoms with Crippen LogP contribution in [0.5, 0.6) is 5.75 Å². The molecular formula is C24H21F3O3. The molecule has 3 nitrogen and oxygen atoms in total. The van der Waals surface area contributed by atoms with E-state index in [9.17, 15) is 18.0 Å². The summed E-state index contributed by atoms with van der Waals surface area (Å²) in [6.07, 6.45) is -4.29. The van der Waals surface area contributed by atoms with Gasteiger partial charge in [-0.2, -0.15) is 13.2 Å². The van der Waals surface area contributed by atoms with Crippen molar-refractivity contribution in [1.82, 2.24) is 0 Å². The predicted molar refractivity (Wildman–Crippen MR) is 108 cm³/mol. The maximum Gasteiger partial charge on any atom is 0.416 e. The van der Waals surface area contributed by atoms with Crippen LogP contribution in [0, 0.1) is 0 Å². The summed E-state index contributed by atoms with van der Waals surface area (Å²) in [7, 11) is 0. The van der Waals surface area contributed by atoms with Crippen molar-refractivity contribution < 1.29 is 27.8 Å². The summed E-state index contributed by atoms with van der Waals surface area (Å²) < 4.78 is 44.0. The standard InChI is InChI=1S/C24H21F3O3/c1-16(13-23(28)29)18-7-11-22(12-8-18)30-15-17-3-2-4-20(14-17)19-5-9-21(10-6-19)24(25,26)27/h2-12,14,16H,13,15H2,1H3,(H,28,29)/t16-/m0/s1. The third-order valence-electron chi connectivity index (χ3n) is 4.81. The quantitative estimate of drug-likeness (QED) is 0.478. The SMILES string of the molecule is C[C@@H](CC(=O)O)c1ccc(OCc2cccc(-c3ccc(C(F)(F)F)cc3)c2)cc1. The highest BCUT2D eigenvalue weighted by molar-refractivity contribution is 5.68. The first-order chi connectivity index (χ1) is 14.2. The van der Waals surface area contributed by atoms with Crippen LogP contribution in [-0.4, -0.2) is 11.1 Å². The van der Waals surface area contributed by atoms with E-state index in [1.165, 1.54) is 12.1 Å². The Bertz CT molecular complexity index is 993. The first-order valence-electron chi connectivity index (χ1n) is 9.43. The highest BCUT2D eigenvalue weighted by Crippen LogP contribution is 2.31. The van der Waals surface area contributed by atoms with Gasteiger partial charge < -0.3 is 9.84 Å². The largest absolute Gasteiger partial charge is 0.489 e. The number of alkyl halides is 3. The van der Waals surface area contributed by atoms with E-state index in [0.717, 1.165) is 28.8 Å². The van der Waals surface area contributed by atoms with Crippen molar-refractivity contribution in [1.29, 1.82) is 0 Å². The topological polar surface area (TPSA) is 46.5 Å². The molecule has 3 aromatic rings. The lowest BCUT2D eigenvalue weighted by molar-refractivity contribution is -0.138. The first-order valence-corrected chi connectivity index (χ1v) is 9.43. The summed E-state index contributed by atoms with van der Waals surface area (Å²) in [5, 5.41) is 8.89. The van der Waals surface area contributed by atoms with E-state index >= 15 is 0 Å². The highest BCUT2D eigenvalue weighted by atomic mass is 19.4. The van der Waals surface area contributed by atoms with Crippen molar-refractivity contribution >= 4 is 5.97 Å². The van der Waals surface area contributed by atoms with Gasteiger partial charge in [0, 0.05) is 0 Å². The number of benzene rings is 3. The van der Waals surface area contributed by atoms with Gasteiger partial charge in [0.15, 0.2) is 0 Å². The van der Waals surface area contributed by atoms with Crippen LogP contribution in [0.1, 0.15) is 36.0 Å². The normalized spacial score (nSPS) is 12.4. The predicted octanol–water partition coefficient (Wildman–Crippen LogP) is 6.53. The lowest BCUT2D eigenvalue weighted by Gasteiger charge is -2.12. The van der Waals surface area contributed by atoms with Gasteiger partial charge in [-0.3, -0.25) is 4.79 Å². The summed E-state index contributed by atoms with van der Waals surface area (Å²) in [5.74, 6) is -0.270. The number of carbonyl (C=O) groups is 1. The molecule has 156 valence electrons. The molecule has 3 rings (SSSR count). The van der Waals surface area contributed by atoms with E-state index in [4.69, 9.17) is 9.84 Å². The molecule has 0 aromatic heterocycles. The zero-order chi connectivity index (χ0) is 21.7. The number of hydrogen-bond acceptors (Lipinski definition) is 2. The Morgan fingerprint density at radius 1 is 0.967 bits per heavy atom. The average Bonchev–Trinajstić information content (AvgIpc) is 2.72. The molecule has 30 heavy (non-hydrogen) atoms. The van der Waals surface area contributed by atoms with Gasteiger partial charge in [0.1, 0.15) is 12.4 Å². The fraction of sp³-hybridized carbons (Fsp3) is 0.208. The van der Waals surface area contributed by atoms with Crippen LogP contribution in [0.3, 0.4) is 0 Å². The number of ether oxygens (including phenoxy) is 1. The number of rotatable bonds is 7. The Hall–Kier alpha value is -3.28. The van der Waals surface area contributed by atoms with Gasteiger partial charge in [-0.05, 0) is 58.5 Å². The molecule has 1 N–H and O–H groups in total. The minimum atomic E-state index is -4.35. The van der Waals surface area contributed by atoms with Gasteiger partial charge in [-0.1, -0.05) is 49.4 Å². The molecule has 0 spiro atoms. The van der Waals surface area contributed by atoms with E-state index < -0.39 is 17.7 Å². The van der Waals surface area contributed by atoms with E-state index in [0.29, 0.717) is 17.9 Å². The third kappa shape index (κ3) is 5.63. The molecule has 0 aliphatic carbocycles. The van der Waals surface area contributed by atoms with Crippen molar-refractivity contribution in [3.63, 3.8) is 0 Å². The van der Waals surface area contributed by atoms with Gasteiger partial charge in [0.2, 0.25) is 0 Å². The lowest BCUT2D eigenvalue weighted by Crippen LogP contribution is -2.04. The van der Waals surface area contributed by atoms with Crippen molar-refractivity contribution in [3.8, 4) is 16.9 Å². The zero-order valence-electron chi connectivity index (χ0n) is 16.3. The van der Waals surface area contributed by atoms with Crippen LogP contribution in [-0.2, 0) is 17.6 Å². The Kier molecular flexibility index (Phi) is 6.45. The minimum Gasteiger partial charge on any atom is -0.489 e. The molecule has 0 saturated carbocycles. The van der Waals surface area contributed by atoms with E-state index in [1.807, 2.05) is 43.3 Å². The van der Waals surface area contributed by atoms with Gasteiger partial charge in [0.05, 0.1) is 12.0 Å². The van der Waals surface area contributed by atoms with Crippen LogP contribution in [0.15, 0.2) is 72.8 Å². The molecule has 1 atom stereocenters. The van der Waals surface area contributed by atoms with Crippen molar-refractivity contribution in [2.24, 2.45) is 0 Å². The number of hydrogen-bond donors (Lipinski definition) is 1. The number of carboxylic acid groups (broad SMARTS) is 1. The molecule has 3 aromatic carbocycles. The smallest absolute Gasteiger partial charge is 0.416 e. The van der Waals surface area contributed by atoms with E-state index in [2.05, 4.69) is 0 Å². The van der Waals surface area contributed by atoms with Crippen LogP contribution >= 0.6 is 0 Å². The van der Waals surface area contributed by atoms with Gasteiger partial charge in [-0.15, -0.1) is 0 Å². The summed E-state index contributed by atoms with van der Waals surface area (Å²) in [6.45, 7) is 2.16. The maximum absolute atomic E-state index is 12.7. The monoisotopic (exact) mass is 414 g/mol. The summed E-state index contributed by atoms with van der Waals surface area (Å²) in [6, 6.07) is 19.8. The van der Waals surface area contributed by atoms with E-state index in [1.54, 1.807) is 12.1 Å². The van der Waals surface area contributed by atoms with Crippen molar-refractivity contribution in [2.75, 3.05) is 0 Å². The Morgan fingerprint density at radius 3 is 2.23 bits per heavy atom. The number of carboxylic acids is 1. The van der Waals surface area contributed by atoms with Crippen LogP contribution in [0.4, 0.5) is 13.2 Å². The van der Waals surface area contributed by atoms with Gasteiger partial charge >= 0.3 is 12.1 Å². The number of halogens is 3. The Labute approximate surface area is 172 Å². The van der Waals surface area contributed by atoms with Crippen molar-refractivity contribution in [3.05, 3.63) is 89.5 Å². The molecule has 0 bridgehead atoms. The maximum atomic E-state index is 12.7.